The highest BCUT2D eigenvalue weighted by atomic mass is 16.1. The first-order valence-electron chi connectivity index (χ1n) is 7.33. The van der Waals surface area contributed by atoms with Gasteiger partial charge in [-0.3, -0.25) is 4.79 Å². The molecule has 3 atom stereocenters. The number of nitrogens with one attached hydrogen (secondary N) is 2. The van der Waals surface area contributed by atoms with Crippen molar-refractivity contribution < 1.29 is 4.79 Å². The highest BCUT2D eigenvalue weighted by molar-refractivity contribution is 5.79. The molecule has 2 rings (SSSR count). The minimum absolute atomic E-state index is 0.174. The summed E-state index contributed by atoms with van der Waals surface area (Å²) < 4.78 is 0. The fourth-order valence-corrected chi connectivity index (χ4v) is 3.09. The van der Waals surface area contributed by atoms with Gasteiger partial charge in [-0.15, -0.1) is 0 Å². The molecular weight excluding hydrogens is 226 g/mol. The number of amides is 1. The summed E-state index contributed by atoms with van der Waals surface area (Å²) in [6, 6.07) is 0.963. The maximum absolute atomic E-state index is 12.1. The van der Waals surface area contributed by atoms with E-state index >= 15 is 0 Å². The lowest BCUT2D eigenvalue weighted by Gasteiger charge is -2.21. The molecule has 4 nitrogen and oxygen atoms in total. The molecule has 0 saturated carbocycles. The summed E-state index contributed by atoms with van der Waals surface area (Å²) in [5.41, 5.74) is 0. The largest absolute Gasteiger partial charge is 0.355 e. The Labute approximate surface area is 110 Å². The summed E-state index contributed by atoms with van der Waals surface area (Å²) in [5.74, 6) is 1.06. The fraction of sp³-hybridized carbons (Fsp3) is 0.929. The number of carbonyl (C=O) groups excluding carboxylic acids is 1. The molecule has 2 fully saturated rings. The van der Waals surface area contributed by atoms with Crippen LogP contribution in [-0.2, 0) is 4.79 Å². The Hall–Kier alpha value is -0.610. The lowest BCUT2D eigenvalue weighted by atomic mass is 10.0. The first kappa shape index (κ1) is 13.8. The molecule has 0 radical (unpaired) electrons. The van der Waals surface area contributed by atoms with Gasteiger partial charge in [-0.2, -0.15) is 0 Å². The fourth-order valence-electron chi connectivity index (χ4n) is 3.09. The molecule has 2 N–H and O–H groups in total. The summed E-state index contributed by atoms with van der Waals surface area (Å²) in [6.07, 6.45) is 2.20. The van der Waals surface area contributed by atoms with Crippen LogP contribution in [0.3, 0.4) is 0 Å². The first-order valence-corrected chi connectivity index (χ1v) is 7.33. The summed E-state index contributed by atoms with van der Waals surface area (Å²) in [7, 11) is 0. The number of hydrogen-bond acceptors (Lipinski definition) is 3. The van der Waals surface area contributed by atoms with E-state index in [1.165, 1.54) is 13.0 Å². The zero-order valence-corrected chi connectivity index (χ0v) is 11.9. The number of carbonyl (C=O) groups is 1. The van der Waals surface area contributed by atoms with Gasteiger partial charge in [-0.25, -0.2) is 0 Å². The third kappa shape index (κ3) is 3.23. The predicted molar refractivity (Wildman–Crippen MR) is 73.4 cm³/mol. The van der Waals surface area contributed by atoms with Gasteiger partial charge in [0.05, 0.1) is 5.92 Å². The molecule has 1 amide bonds. The maximum Gasteiger partial charge on any atom is 0.224 e. The molecule has 4 heteroatoms. The second-order valence-corrected chi connectivity index (χ2v) is 6.13. The Morgan fingerprint density at radius 2 is 2.22 bits per heavy atom. The van der Waals surface area contributed by atoms with Crippen molar-refractivity contribution in [2.75, 3.05) is 26.2 Å². The van der Waals surface area contributed by atoms with Crippen LogP contribution in [-0.4, -0.2) is 49.1 Å². The molecule has 0 aromatic heterocycles. The van der Waals surface area contributed by atoms with Gasteiger partial charge in [0.15, 0.2) is 0 Å². The number of nitrogens with zero attached hydrogens (tertiary/aromatic N) is 1. The Kier molecular flexibility index (Phi) is 4.62. The Balaban J connectivity index is 1.70. The van der Waals surface area contributed by atoms with Crippen molar-refractivity contribution in [3.8, 4) is 0 Å². The van der Waals surface area contributed by atoms with E-state index in [2.05, 4.69) is 36.3 Å². The van der Waals surface area contributed by atoms with Gasteiger partial charge in [0.2, 0.25) is 5.91 Å². The minimum Gasteiger partial charge on any atom is -0.355 e. The summed E-state index contributed by atoms with van der Waals surface area (Å²) in [4.78, 5) is 14.6. The van der Waals surface area contributed by atoms with Crippen molar-refractivity contribution in [3.05, 3.63) is 0 Å². The van der Waals surface area contributed by atoms with Gasteiger partial charge in [0, 0.05) is 25.2 Å². The summed E-state index contributed by atoms with van der Waals surface area (Å²) >= 11 is 0. The zero-order chi connectivity index (χ0) is 13.1. The molecule has 18 heavy (non-hydrogen) atoms. The molecule has 3 unspecified atom stereocenters. The van der Waals surface area contributed by atoms with Crippen LogP contribution < -0.4 is 10.6 Å². The molecule has 2 saturated heterocycles. The average molecular weight is 253 g/mol. The maximum atomic E-state index is 12.1. The topological polar surface area (TPSA) is 44.4 Å². The van der Waals surface area contributed by atoms with Gasteiger partial charge >= 0.3 is 0 Å². The minimum atomic E-state index is 0.174. The lowest BCUT2D eigenvalue weighted by Crippen LogP contribution is -2.39. The van der Waals surface area contributed by atoms with E-state index in [1.807, 2.05) is 0 Å². The van der Waals surface area contributed by atoms with Crippen LogP contribution in [0, 0.1) is 11.8 Å². The van der Waals surface area contributed by atoms with Gasteiger partial charge < -0.3 is 15.5 Å². The first-order chi connectivity index (χ1) is 8.58. The Morgan fingerprint density at radius 3 is 2.78 bits per heavy atom. The van der Waals surface area contributed by atoms with Gasteiger partial charge in [0.25, 0.3) is 0 Å². The molecule has 2 heterocycles. The molecule has 0 aromatic carbocycles. The van der Waals surface area contributed by atoms with E-state index in [4.69, 9.17) is 0 Å². The van der Waals surface area contributed by atoms with Gasteiger partial charge in [-0.05, 0) is 52.6 Å². The number of hydrogen-bond donors (Lipinski definition) is 2. The van der Waals surface area contributed by atoms with Gasteiger partial charge in [-0.1, -0.05) is 0 Å². The number of likely N-dealkylation sites (tertiary alicyclic amines) is 1. The van der Waals surface area contributed by atoms with Crippen molar-refractivity contribution in [3.63, 3.8) is 0 Å². The monoisotopic (exact) mass is 253 g/mol. The molecule has 2 aliphatic heterocycles. The van der Waals surface area contributed by atoms with Crippen molar-refractivity contribution in [1.82, 2.24) is 15.5 Å². The van der Waals surface area contributed by atoms with E-state index in [9.17, 15) is 4.79 Å². The lowest BCUT2D eigenvalue weighted by molar-refractivity contribution is -0.125. The Morgan fingerprint density at radius 1 is 1.44 bits per heavy atom. The molecule has 104 valence electrons. The van der Waals surface area contributed by atoms with Gasteiger partial charge in [0.1, 0.15) is 0 Å². The zero-order valence-electron chi connectivity index (χ0n) is 11.9. The van der Waals surface area contributed by atoms with Crippen molar-refractivity contribution in [1.29, 1.82) is 0 Å². The van der Waals surface area contributed by atoms with E-state index in [0.29, 0.717) is 18.0 Å². The van der Waals surface area contributed by atoms with Crippen LogP contribution in [0.4, 0.5) is 0 Å². The normalized spacial score (nSPS) is 33.2. The third-order valence-electron chi connectivity index (χ3n) is 4.47. The number of rotatable bonds is 4. The second-order valence-electron chi connectivity index (χ2n) is 6.13. The van der Waals surface area contributed by atoms with Crippen LogP contribution in [0.1, 0.15) is 33.6 Å². The van der Waals surface area contributed by atoms with Crippen LogP contribution >= 0.6 is 0 Å². The highest BCUT2D eigenvalue weighted by Gasteiger charge is 2.30. The molecular formula is C14H27N3O. The van der Waals surface area contributed by atoms with Crippen LogP contribution in [0.5, 0.6) is 0 Å². The molecule has 0 spiro atoms. The van der Waals surface area contributed by atoms with E-state index < -0.39 is 0 Å². The smallest absolute Gasteiger partial charge is 0.224 e. The summed E-state index contributed by atoms with van der Waals surface area (Å²) in [6.45, 7) is 10.7. The average Bonchev–Trinajstić information content (AvgIpc) is 2.94. The van der Waals surface area contributed by atoms with Crippen molar-refractivity contribution in [2.45, 2.75) is 45.7 Å². The highest BCUT2D eigenvalue weighted by Crippen LogP contribution is 2.19. The molecule has 0 bridgehead atoms. The van der Waals surface area contributed by atoms with Crippen molar-refractivity contribution >= 4 is 5.91 Å². The van der Waals surface area contributed by atoms with Crippen LogP contribution in [0.15, 0.2) is 0 Å². The van der Waals surface area contributed by atoms with Crippen molar-refractivity contribution in [2.24, 2.45) is 11.8 Å². The van der Waals surface area contributed by atoms with E-state index in [1.54, 1.807) is 0 Å². The third-order valence-corrected chi connectivity index (χ3v) is 4.47. The predicted octanol–water partition coefficient (Wildman–Crippen LogP) is 0.831. The van der Waals surface area contributed by atoms with Crippen LogP contribution in [0.25, 0.3) is 0 Å². The van der Waals surface area contributed by atoms with E-state index in [-0.39, 0.29) is 11.8 Å². The van der Waals surface area contributed by atoms with Crippen LogP contribution in [0.2, 0.25) is 0 Å². The second kappa shape index (κ2) is 6.02. The molecule has 2 aliphatic rings. The standard InChI is InChI=1S/C14H27N3O/c1-10(2)17-7-5-12(9-17)8-16-14(18)13-4-6-15-11(13)3/h10-13,15H,4-9H2,1-3H3,(H,16,18). The Bertz CT molecular complexity index is 293. The molecule has 0 aromatic rings. The summed E-state index contributed by atoms with van der Waals surface area (Å²) in [5, 5.41) is 6.48. The SMILES string of the molecule is CC1NCCC1C(=O)NCC1CCN(C(C)C)C1. The van der Waals surface area contributed by atoms with E-state index in [0.717, 1.165) is 26.1 Å². The molecule has 0 aliphatic carbocycles. The quantitative estimate of drug-likeness (QED) is 0.780.